The minimum Gasteiger partial charge on any atom is -0.477 e. The molecular formula is C15H12N2O4. The van der Waals surface area contributed by atoms with Crippen molar-refractivity contribution in [2.24, 2.45) is 0 Å². The number of carbonyl (C=O) groups excluding carboxylic acids is 2. The molecule has 1 atom stereocenters. The summed E-state index contributed by atoms with van der Waals surface area (Å²) in [5.74, 6) is -2.09. The van der Waals surface area contributed by atoms with Gasteiger partial charge in [0.05, 0.1) is 5.92 Å². The normalized spacial score (nSPS) is 18.6. The number of carboxylic acid groups (broad SMARTS) is 1. The molecule has 6 heteroatoms. The van der Waals surface area contributed by atoms with Crippen LogP contribution in [0.3, 0.4) is 0 Å². The third-order valence-corrected chi connectivity index (χ3v) is 3.63. The molecule has 6 nitrogen and oxygen atoms in total. The Labute approximate surface area is 119 Å². The molecule has 0 bridgehead atoms. The van der Waals surface area contributed by atoms with Crippen molar-refractivity contribution in [2.75, 3.05) is 0 Å². The van der Waals surface area contributed by atoms with E-state index in [1.165, 1.54) is 12.3 Å². The van der Waals surface area contributed by atoms with Crippen LogP contribution in [0.15, 0.2) is 30.5 Å². The summed E-state index contributed by atoms with van der Waals surface area (Å²) in [6.45, 7) is 0. The maximum Gasteiger partial charge on any atom is 0.354 e. The van der Waals surface area contributed by atoms with Crippen molar-refractivity contribution in [2.45, 2.75) is 18.8 Å². The minimum atomic E-state index is -1.09. The Morgan fingerprint density at radius 2 is 2.14 bits per heavy atom. The van der Waals surface area contributed by atoms with E-state index in [4.69, 9.17) is 5.11 Å². The highest BCUT2D eigenvalue weighted by molar-refractivity contribution is 6.03. The van der Waals surface area contributed by atoms with Crippen molar-refractivity contribution in [3.63, 3.8) is 0 Å². The van der Waals surface area contributed by atoms with Crippen LogP contribution in [-0.2, 0) is 9.59 Å². The first-order valence-corrected chi connectivity index (χ1v) is 6.52. The highest BCUT2D eigenvalue weighted by Crippen LogP contribution is 2.30. The van der Waals surface area contributed by atoms with E-state index in [1.54, 1.807) is 12.1 Å². The first kappa shape index (κ1) is 13.2. The monoisotopic (exact) mass is 284 g/mol. The summed E-state index contributed by atoms with van der Waals surface area (Å²) >= 11 is 0. The first-order chi connectivity index (χ1) is 10.1. The van der Waals surface area contributed by atoms with Gasteiger partial charge in [0.25, 0.3) is 0 Å². The minimum absolute atomic E-state index is 0.0390. The summed E-state index contributed by atoms with van der Waals surface area (Å²) in [5.41, 5.74) is 0.727. The molecule has 1 fully saturated rings. The van der Waals surface area contributed by atoms with E-state index in [1.807, 2.05) is 6.07 Å². The molecule has 106 valence electrons. The first-order valence-electron chi connectivity index (χ1n) is 6.52. The summed E-state index contributed by atoms with van der Waals surface area (Å²) in [6.07, 6.45) is 2.22. The van der Waals surface area contributed by atoms with E-state index >= 15 is 0 Å². The van der Waals surface area contributed by atoms with Crippen LogP contribution >= 0.6 is 0 Å². The van der Waals surface area contributed by atoms with Gasteiger partial charge in [-0.05, 0) is 23.4 Å². The van der Waals surface area contributed by atoms with Crippen molar-refractivity contribution >= 4 is 28.6 Å². The fourth-order valence-corrected chi connectivity index (χ4v) is 2.61. The number of pyridine rings is 1. The second-order valence-electron chi connectivity index (χ2n) is 4.95. The van der Waals surface area contributed by atoms with Gasteiger partial charge < -0.3 is 5.11 Å². The Kier molecular flexibility index (Phi) is 3.13. The van der Waals surface area contributed by atoms with Gasteiger partial charge in [0.1, 0.15) is 5.69 Å². The molecule has 2 N–H and O–H groups in total. The molecule has 1 saturated heterocycles. The van der Waals surface area contributed by atoms with Gasteiger partial charge in [-0.25, -0.2) is 9.78 Å². The fourth-order valence-electron chi connectivity index (χ4n) is 2.61. The summed E-state index contributed by atoms with van der Waals surface area (Å²) in [7, 11) is 0. The number of nitrogens with zero attached hydrogens (tertiary/aromatic N) is 1. The number of benzene rings is 1. The van der Waals surface area contributed by atoms with Gasteiger partial charge in [0.15, 0.2) is 0 Å². The molecular weight excluding hydrogens is 272 g/mol. The van der Waals surface area contributed by atoms with Crippen molar-refractivity contribution in [1.82, 2.24) is 10.3 Å². The van der Waals surface area contributed by atoms with Crippen LogP contribution in [0.25, 0.3) is 10.8 Å². The molecule has 0 saturated carbocycles. The highest BCUT2D eigenvalue weighted by atomic mass is 16.4. The number of piperidine rings is 1. The SMILES string of the molecule is O=C1CCC(c2cccc3cc(C(=O)O)ncc23)C(=O)N1. The number of hydrogen-bond acceptors (Lipinski definition) is 4. The lowest BCUT2D eigenvalue weighted by Gasteiger charge is -2.22. The second-order valence-corrected chi connectivity index (χ2v) is 4.95. The van der Waals surface area contributed by atoms with Gasteiger partial charge >= 0.3 is 5.97 Å². The lowest BCUT2D eigenvalue weighted by Crippen LogP contribution is -2.39. The third kappa shape index (κ3) is 2.35. The molecule has 2 aromatic rings. The zero-order chi connectivity index (χ0) is 15.0. The smallest absolute Gasteiger partial charge is 0.354 e. The van der Waals surface area contributed by atoms with Crippen molar-refractivity contribution in [3.05, 3.63) is 41.7 Å². The maximum atomic E-state index is 12.0. The van der Waals surface area contributed by atoms with Crippen LogP contribution in [0.4, 0.5) is 0 Å². The topological polar surface area (TPSA) is 96.4 Å². The van der Waals surface area contributed by atoms with Crippen LogP contribution in [0.5, 0.6) is 0 Å². The molecule has 0 spiro atoms. The standard InChI is InChI=1S/C15H12N2O4/c18-13-5-4-10(14(19)17-13)9-3-1-2-8-6-12(15(20)21)16-7-11(8)9/h1-3,6-7,10H,4-5H2,(H,20,21)(H,17,18,19). The second kappa shape index (κ2) is 4.97. The number of carbonyl (C=O) groups is 3. The lowest BCUT2D eigenvalue weighted by molar-refractivity contribution is -0.134. The molecule has 21 heavy (non-hydrogen) atoms. The van der Waals surface area contributed by atoms with E-state index in [0.717, 1.165) is 10.9 Å². The average molecular weight is 284 g/mol. The molecule has 1 aliphatic rings. The van der Waals surface area contributed by atoms with Crippen LogP contribution in [-0.4, -0.2) is 27.9 Å². The highest BCUT2D eigenvalue weighted by Gasteiger charge is 2.29. The van der Waals surface area contributed by atoms with Crippen LogP contribution in [0, 0.1) is 0 Å². The lowest BCUT2D eigenvalue weighted by atomic mass is 9.88. The number of aromatic nitrogens is 1. The number of imide groups is 1. The number of carboxylic acids is 1. The van der Waals surface area contributed by atoms with Crippen LogP contribution < -0.4 is 5.32 Å². The number of rotatable bonds is 2. The zero-order valence-electron chi connectivity index (χ0n) is 11.0. The summed E-state index contributed by atoms with van der Waals surface area (Å²) < 4.78 is 0. The van der Waals surface area contributed by atoms with E-state index in [2.05, 4.69) is 10.3 Å². The van der Waals surface area contributed by atoms with E-state index in [9.17, 15) is 14.4 Å². The number of amides is 2. The Morgan fingerprint density at radius 3 is 2.86 bits per heavy atom. The molecule has 1 aromatic carbocycles. The molecule has 2 amide bonds. The van der Waals surface area contributed by atoms with Crippen LogP contribution in [0.1, 0.15) is 34.8 Å². The van der Waals surface area contributed by atoms with Crippen molar-refractivity contribution in [1.29, 1.82) is 0 Å². The van der Waals surface area contributed by atoms with Gasteiger partial charge in [-0.2, -0.15) is 0 Å². The number of fused-ring (bicyclic) bond motifs is 1. The quantitative estimate of drug-likeness (QED) is 0.814. The summed E-state index contributed by atoms with van der Waals surface area (Å²) in [6, 6.07) is 6.84. The molecule has 3 rings (SSSR count). The summed E-state index contributed by atoms with van der Waals surface area (Å²) in [4.78, 5) is 38.1. The molecule has 0 radical (unpaired) electrons. The maximum absolute atomic E-state index is 12.0. The number of nitrogens with one attached hydrogen (secondary N) is 1. The predicted octanol–water partition coefficient (Wildman–Crippen LogP) is 1.45. The number of aromatic carboxylic acids is 1. The Bertz CT molecular complexity index is 769. The van der Waals surface area contributed by atoms with E-state index < -0.39 is 11.9 Å². The Hall–Kier alpha value is -2.76. The van der Waals surface area contributed by atoms with Crippen molar-refractivity contribution in [3.8, 4) is 0 Å². The van der Waals surface area contributed by atoms with Gasteiger partial charge in [0.2, 0.25) is 11.8 Å². The largest absolute Gasteiger partial charge is 0.477 e. The Morgan fingerprint density at radius 1 is 1.33 bits per heavy atom. The third-order valence-electron chi connectivity index (χ3n) is 3.63. The molecule has 1 aliphatic heterocycles. The van der Waals surface area contributed by atoms with E-state index in [-0.39, 0.29) is 17.5 Å². The Balaban J connectivity index is 2.09. The summed E-state index contributed by atoms with van der Waals surface area (Å²) in [5, 5.41) is 12.7. The zero-order valence-corrected chi connectivity index (χ0v) is 11.0. The van der Waals surface area contributed by atoms with Gasteiger partial charge in [0, 0.05) is 18.0 Å². The molecule has 1 aromatic heterocycles. The molecule has 0 aliphatic carbocycles. The predicted molar refractivity (Wildman–Crippen MR) is 73.8 cm³/mol. The van der Waals surface area contributed by atoms with Gasteiger partial charge in [-0.15, -0.1) is 0 Å². The number of hydrogen-bond donors (Lipinski definition) is 2. The van der Waals surface area contributed by atoms with Gasteiger partial charge in [-0.3, -0.25) is 14.9 Å². The van der Waals surface area contributed by atoms with Gasteiger partial charge in [-0.1, -0.05) is 18.2 Å². The van der Waals surface area contributed by atoms with E-state index in [0.29, 0.717) is 18.2 Å². The molecule has 2 heterocycles. The average Bonchev–Trinajstić information content (AvgIpc) is 2.46. The van der Waals surface area contributed by atoms with Crippen LogP contribution in [0.2, 0.25) is 0 Å². The molecule has 1 unspecified atom stereocenters. The fraction of sp³-hybridized carbons (Fsp3) is 0.200. The van der Waals surface area contributed by atoms with Crippen molar-refractivity contribution < 1.29 is 19.5 Å².